The number of aliphatic carboxylic acids is 1. The molecule has 2 N–H and O–H groups in total. The van der Waals surface area contributed by atoms with Gasteiger partial charge in [0.1, 0.15) is 17.2 Å². The first-order valence-electron chi connectivity index (χ1n) is 6.44. The van der Waals surface area contributed by atoms with Gasteiger partial charge in [0.2, 0.25) is 0 Å². The van der Waals surface area contributed by atoms with Crippen LogP contribution < -0.4 is 5.32 Å². The molecule has 7 heteroatoms. The quantitative estimate of drug-likeness (QED) is 0.869. The monoisotopic (exact) mass is 361 g/mol. The number of carbonyl (C=O) groups is 2. The molecule has 0 aromatic heterocycles. The number of nitrogens with one attached hydrogen (secondary N) is 1. The normalized spacial score (nSPS) is 24.9. The van der Waals surface area contributed by atoms with Crippen LogP contribution in [0.3, 0.4) is 0 Å². The molecule has 4 nitrogen and oxygen atoms in total. The number of benzene rings is 1. The van der Waals surface area contributed by atoms with Gasteiger partial charge >= 0.3 is 5.97 Å². The van der Waals surface area contributed by atoms with Crippen LogP contribution in [0.1, 0.15) is 36.5 Å². The average molecular weight is 362 g/mol. The van der Waals surface area contributed by atoms with E-state index in [1.54, 1.807) is 0 Å². The van der Waals surface area contributed by atoms with Crippen molar-refractivity contribution in [3.8, 4) is 0 Å². The Kier molecular flexibility index (Phi) is 4.32. The molecule has 1 fully saturated rings. The van der Waals surface area contributed by atoms with Gasteiger partial charge in [-0.2, -0.15) is 0 Å². The minimum atomic E-state index is -1.11. The third kappa shape index (κ3) is 2.92. The first-order chi connectivity index (χ1) is 9.75. The van der Waals surface area contributed by atoms with Crippen molar-refractivity contribution < 1.29 is 23.5 Å². The Balaban J connectivity index is 2.25. The smallest absolute Gasteiger partial charge is 0.311 e. The van der Waals surface area contributed by atoms with E-state index in [2.05, 4.69) is 21.2 Å². The largest absolute Gasteiger partial charge is 0.481 e. The molecule has 1 aromatic rings. The highest BCUT2D eigenvalue weighted by atomic mass is 79.9. The lowest BCUT2D eigenvalue weighted by Gasteiger charge is -2.27. The number of amides is 1. The number of carboxylic acids is 1. The highest BCUT2D eigenvalue weighted by molar-refractivity contribution is 9.10. The molecule has 0 spiro atoms. The first-order valence-corrected chi connectivity index (χ1v) is 7.24. The van der Waals surface area contributed by atoms with E-state index in [0.29, 0.717) is 19.3 Å². The molecule has 1 saturated carbocycles. The van der Waals surface area contributed by atoms with Crippen LogP contribution in [0, 0.1) is 17.0 Å². The summed E-state index contributed by atoms with van der Waals surface area (Å²) < 4.78 is 27.7. The van der Waals surface area contributed by atoms with Crippen LogP contribution in [0.2, 0.25) is 0 Å². The number of carboxylic acid groups (broad SMARTS) is 1. The van der Waals surface area contributed by atoms with Crippen LogP contribution >= 0.6 is 15.9 Å². The molecule has 0 bridgehead atoms. The van der Waals surface area contributed by atoms with Crippen molar-refractivity contribution in [2.24, 2.45) is 5.41 Å². The second kappa shape index (κ2) is 5.71. The summed E-state index contributed by atoms with van der Waals surface area (Å²) >= 11 is 2.93. The predicted octanol–water partition coefficient (Wildman–Crippen LogP) is 3.10. The average Bonchev–Trinajstić information content (AvgIpc) is 2.71. The fourth-order valence-corrected chi connectivity index (χ4v) is 3.05. The molecule has 1 amide bonds. The molecule has 0 heterocycles. The number of halogens is 3. The summed E-state index contributed by atoms with van der Waals surface area (Å²) in [4.78, 5) is 23.4. The van der Waals surface area contributed by atoms with Gasteiger partial charge in [0.15, 0.2) is 0 Å². The van der Waals surface area contributed by atoms with Crippen molar-refractivity contribution in [3.63, 3.8) is 0 Å². The molecule has 1 aliphatic carbocycles. The second-order valence-corrected chi connectivity index (χ2v) is 6.30. The molecule has 21 heavy (non-hydrogen) atoms. The third-order valence-electron chi connectivity index (χ3n) is 3.99. The summed E-state index contributed by atoms with van der Waals surface area (Å²) in [6.07, 6.45) is 1.52. The topological polar surface area (TPSA) is 66.4 Å². The lowest BCUT2D eigenvalue weighted by Crippen LogP contribution is -2.47. The van der Waals surface area contributed by atoms with Crippen molar-refractivity contribution in [1.82, 2.24) is 5.32 Å². The van der Waals surface area contributed by atoms with Gasteiger partial charge in [-0.15, -0.1) is 0 Å². The summed E-state index contributed by atoms with van der Waals surface area (Å²) in [6.45, 7) is 1.53. The molecule has 0 radical (unpaired) electrons. The zero-order valence-corrected chi connectivity index (χ0v) is 12.8. The summed E-state index contributed by atoms with van der Waals surface area (Å²) in [5, 5.41) is 11.7. The zero-order chi connectivity index (χ0) is 15.8. The number of hydrogen-bond acceptors (Lipinski definition) is 2. The highest BCUT2D eigenvalue weighted by Gasteiger charge is 2.46. The Hall–Kier alpha value is -1.50. The van der Waals surface area contributed by atoms with Crippen LogP contribution in [0.25, 0.3) is 0 Å². The molecule has 2 atom stereocenters. The van der Waals surface area contributed by atoms with Gasteiger partial charge in [0, 0.05) is 10.5 Å². The predicted molar refractivity (Wildman–Crippen MR) is 74.9 cm³/mol. The van der Waals surface area contributed by atoms with Crippen molar-refractivity contribution in [2.45, 2.75) is 32.2 Å². The standard InChI is InChI=1S/C14H14BrF2NO3/c1-14(13(20)21)4-2-3-10(14)18-12(19)11-8(16)5-7(15)6-9(11)17/h5-6,10H,2-4H2,1H3,(H,18,19)(H,20,21). The van der Waals surface area contributed by atoms with Crippen molar-refractivity contribution in [1.29, 1.82) is 0 Å². The number of rotatable bonds is 3. The van der Waals surface area contributed by atoms with Crippen LogP contribution in [-0.4, -0.2) is 23.0 Å². The minimum Gasteiger partial charge on any atom is -0.481 e. The molecule has 2 rings (SSSR count). The molecule has 1 aromatic carbocycles. The molecular weight excluding hydrogens is 348 g/mol. The summed E-state index contributed by atoms with van der Waals surface area (Å²) in [7, 11) is 0. The molecular formula is C14H14BrF2NO3. The van der Waals surface area contributed by atoms with Crippen LogP contribution in [0.5, 0.6) is 0 Å². The van der Waals surface area contributed by atoms with E-state index in [1.165, 1.54) is 6.92 Å². The van der Waals surface area contributed by atoms with E-state index >= 15 is 0 Å². The summed E-state index contributed by atoms with van der Waals surface area (Å²) in [5.41, 5.74) is -1.81. The third-order valence-corrected chi connectivity index (χ3v) is 4.44. The van der Waals surface area contributed by atoms with Gasteiger partial charge in [0.25, 0.3) is 5.91 Å². The maximum absolute atomic E-state index is 13.7. The Bertz CT molecular complexity index is 585. The zero-order valence-electron chi connectivity index (χ0n) is 11.3. The Morgan fingerprint density at radius 1 is 1.38 bits per heavy atom. The lowest BCUT2D eigenvalue weighted by atomic mass is 9.85. The van der Waals surface area contributed by atoms with Crippen molar-refractivity contribution in [2.75, 3.05) is 0 Å². The minimum absolute atomic E-state index is 0.185. The van der Waals surface area contributed by atoms with Crippen LogP contribution in [0.15, 0.2) is 16.6 Å². The molecule has 0 saturated heterocycles. The van der Waals surface area contributed by atoms with E-state index in [1.807, 2.05) is 0 Å². The lowest BCUT2D eigenvalue weighted by molar-refractivity contribution is -0.148. The first kappa shape index (κ1) is 15.9. The van der Waals surface area contributed by atoms with Gasteiger partial charge in [-0.1, -0.05) is 22.4 Å². The van der Waals surface area contributed by atoms with Crippen molar-refractivity contribution in [3.05, 3.63) is 33.8 Å². The Labute approximate surface area is 128 Å². The molecule has 1 aliphatic rings. The molecule has 2 unspecified atom stereocenters. The summed E-state index contributed by atoms with van der Waals surface area (Å²) in [6, 6.07) is 1.33. The maximum Gasteiger partial charge on any atom is 0.311 e. The van der Waals surface area contributed by atoms with E-state index in [9.17, 15) is 23.5 Å². The Morgan fingerprint density at radius 2 is 1.95 bits per heavy atom. The van der Waals surface area contributed by atoms with Gasteiger partial charge in [-0.05, 0) is 31.9 Å². The second-order valence-electron chi connectivity index (χ2n) is 5.39. The fourth-order valence-electron chi connectivity index (χ4n) is 2.64. The van der Waals surface area contributed by atoms with E-state index in [4.69, 9.17) is 0 Å². The SMILES string of the molecule is CC1(C(=O)O)CCCC1NC(=O)c1c(F)cc(Br)cc1F. The van der Waals surface area contributed by atoms with Crippen molar-refractivity contribution >= 4 is 27.8 Å². The number of hydrogen-bond donors (Lipinski definition) is 2. The van der Waals surface area contributed by atoms with Crippen LogP contribution in [-0.2, 0) is 4.79 Å². The van der Waals surface area contributed by atoms with Gasteiger partial charge in [-0.3, -0.25) is 9.59 Å². The number of carbonyl (C=O) groups excluding carboxylic acids is 1. The fraction of sp³-hybridized carbons (Fsp3) is 0.429. The van der Waals surface area contributed by atoms with E-state index in [-0.39, 0.29) is 4.47 Å². The highest BCUT2D eigenvalue weighted by Crippen LogP contribution is 2.38. The maximum atomic E-state index is 13.7. The van der Waals surface area contributed by atoms with Gasteiger partial charge in [0.05, 0.1) is 5.41 Å². The molecule has 0 aliphatic heterocycles. The van der Waals surface area contributed by atoms with Gasteiger partial charge in [-0.25, -0.2) is 8.78 Å². The van der Waals surface area contributed by atoms with E-state index < -0.39 is 40.5 Å². The molecule has 114 valence electrons. The van der Waals surface area contributed by atoms with E-state index in [0.717, 1.165) is 12.1 Å². The Morgan fingerprint density at radius 3 is 2.48 bits per heavy atom. The van der Waals surface area contributed by atoms with Gasteiger partial charge < -0.3 is 10.4 Å². The van der Waals surface area contributed by atoms with Crippen LogP contribution in [0.4, 0.5) is 8.78 Å². The summed E-state index contributed by atoms with van der Waals surface area (Å²) in [5.74, 6) is -3.94.